The predicted molar refractivity (Wildman–Crippen MR) is 44.5 cm³/mol. The van der Waals surface area contributed by atoms with Crippen LogP contribution in [-0.2, 0) is 0 Å². The van der Waals surface area contributed by atoms with Crippen LogP contribution in [0.4, 0.5) is 4.39 Å². The highest BCUT2D eigenvalue weighted by Crippen LogP contribution is 2.26. The van der Waals surface area contributed by atoms with Crippen molar-refractivity contribution in [2.45, 2.75) is 6.42 Å². The molecule has 0 spiro atoms. The van der Waals surface area contributed by atoms with Gasteiger partial charge in [-0.2, -0.15) is 0 Å². The smallest absolute Gasteiger partial charge is 0.167 e. The van der Waals surface area contributed by atoms with E-state index in [2.05, 4.69) is 0 Å². The molecular weight excluding hydrogens is 155 g/mol. The topological polar surface area (TPSA) is 17.1 Å². The van der Waals surface area contributed by atoms with Crippen molar-refractivity contribution in [1.29, 1.82) is 0 Å². The molecule has 0 saturated heterocycles. The Hall–Kier alpha value is -1.44. The van der Waals surface area contributed by atoms with Gasteiger partial charge in [0.05, 0.1) is 0 Å². The highest BCUT2D eigenvalue weighted by molar-refractivity contribution is 6.03. The summed E-state index contributed by atoms with van der Waals surface area (Å²) in [6, 6.07) is 6.75. The van der Waals surface area contributed by atoms with E-state index < -0.39 is 0 Å². The molecule has 1 nitrogen and oxygen atoms in total. The van der Waals surface area contributed by atoms with E-state index in [4.69, 9.17) is 0 Å². The van der Waals surface area contributed by atoms with Gasteiger partial charge in [-0.3, -0.25) is 4.79 Å². The van der Waals surface area contributed by atoms with Crippen molar-refractivity contribution in [3.05, 3.63) is 41.5 Å². The van der Waals surface area contributed by atoms with Crippen LogP contribution in [0.25, 0.3) is 5.83 Å². The first-order valence-electron chi connectivity index (χ1n) is 3.77. The van der Waals surface area contributed by atoms with E-state index >= 15 is 0 Å². The minimum atomic E-state index is -0.287. The number of Topliss-reactive ketones (excluding diaryl/α,β-unsaturated/α-hetero) is 1. The molecule has 0 saturated carbocycles. The number of halogens is 1. The molecule has 0 N–H and O–H groups in total. The molecule has 0 bridgehead atoms. The quantitative estimate of drug-likeness (QED) is 0.573. The Morgan fingerprint density at radius 1 is 1.17 bits per heavy atom. The second-order valence-electron chi connectivity index (χ2n) is 2.72. The third-order valence-electron chi connectivity index (χ3n) is 1.95. The van der Waals surface area contributed by atoms with Crippen molar-refractivity contribution in [2.75, 3.05) is 0 Å². The first-order valence-corrected chi connectivity index (χ1v) is 3.77. The van der Waals surface area contributed by atoms with E-state index in [0.29, 0.717) is 11.1 Å². The van der Waals surface area contributed by atoms with Crippen LogP contribution < -0.4 is 0 Å². The molecule has 2 heteroatoms. The summed E-state index contributed by atoms with van der Waals surface area (Å²) in [5.41, 5.74) is 0.922. The lowest BCUT2D eigenvalue weighted by Gasteiger charge is -2.09. The standard InChI is InChI=1S/C10H7FO/c11-9-5-6-10(12)8-4-2-1-3-7(8)9/h1-5H,6H2. The number of ketones is 1. The summed E-state index contributed by atoms with van der Waals surface area (Å²) >= 11 is 0. The third-order valence-corrected chi connectivity index (χ3v) is 1.95. The van der Waals surface area contributed by atoms with Gasteiger partial charge in [-0.25, -0.2) is 4.39 Å². The monoisotopic (exact) mass is 162 g/mol. The van der Waals surface area contributed by atoms with Gasteiger partial charge in [-0.1, -0.05) is 24.3 Å². The van der Waals surface area contributed by atoms with E-state index in [1.807, 2.05) is 0 Å². The Labute approximate surface area is 69.5 Å². The van der Waals surface area contributed by atoms with Crippen LogP contribution in [0.1, 0.15) is 22.3 Å². The van der Waals surface area contributed by atoms with Gasteiger partial charge in [0.25, 0.3) is 0 Å². The minimum absolute atomic E-state index is 0.00741. The molecule has 0 fully saturated rings. The lowest BCUT2D eigenvalue weighted by atomic mass is 9.96. The highest BCUT2D eigenvalue weighted by atomic mass is 19.1. The predicted octanol–water partition coefficient (Wildman–Crippen LogP) is 2.58. The van der Waals surface area contributed by atoms with Crippen molar-refractivity contribution < 1.29 is 9.18 Å². The van der Waals surface area contributed by atoms with Gasteiger partial charge >= 0.3 is 0 Å². The van der Waals surface area contributed by atoms with Gasteiger partial charge in [0.2, 0.25) is 0 Å². The lowest BCUT2D eigenvalue weighted by Crippen LogP contribution is -2.05. The zero-order valence-electron chi connectivity index (χ0n) is 6.38. The molecule has 0 radical (unpaired) electrons. The molecule has 2 rings (SSSR count). The Morgan fingerprint density at radius 2 is 1.83 bits per heavy atom. The Kier molecular flexibility index (Phi) is 1.54. The van der Waals surface area contributed by atoms with Crippen molar-refractivity contribution in [1.82, 2.24) is 0 Å². The first-order chi connectivity index (χ1) is 5.79. The van der Waals surface area contributed by atoms with Crippen molar-refractivity contribution in [2.24, 2.45) is 0 Å². The van der Waals surface area contributed by atoms with E-state index in [1.165, 1.54) is 6.08 Å². The Bertz CT molecular complexity index is 366. The van der Waals surface area contributed by atoms with Crippen LogP contribution >= 0.6 is 0 Å². The molecule has 0 aromatic heterocycles. The zero-order valence-corrected chi connectivity index (χ0v) is 6.38. The maximum atomic E-state index is 13.1. The maximum Gasteiger partial charge on any atom is 0.167 e. The fourth-order valence-electron chi connectivity index (χ4n) is 1.34. The number of allylic oxidation sites excluding steroid dienone is 1. The van der Waals surface area contributed by atoms with Crippen molar-refractivity contribution in [3.63, 3.8) is 0 Å². The normalized spacial score (nSPS) is 15.4. The summed E-state index contributed by atoms with van der Waals surface area (Å²) in [6.07, 6.45) is 1.51. The van der Waals surface area contributed by atoms with Gasteiger partial charge < -0.3 is 0 Å². The fraction of sp³-hybridized carbons (Fsp3) is 0.100. The molecule has 12 heavy (non-hydrogen) atoms. The zero-order chi connectivity index (χ0) is 8.55. The van der Waals surface area contributed by atoms with Gasteiger partial charge in [-0.05, 0) is 6.08 Å². The number of fused-ring (bicyclic) bond motifs is 1. The Balaban J connectivity index is 2.66. The number of hydrogen-bond acceptors (Lipinski definition) is 1. The lowest BCUT2D eigenvalue weighted by molar-refractivity contribution is 0.0993. The molecule has 1 aliphatic rings. The molecule has 60 valence electrons. The number of hydrogen-bond donors (Lipinski definition) is 0. The minimum Gasteiger partial charge on any atom is -0.294 e. The molecule has 0 amide bonds. The number of benzene rings is 1. The highest BCUT2D eigenvalue weighted by Gasteiger charge is 2.17. The van der Waals surface area contributed by atoms with Crippen LogP contribution in [0.15, 0.2) is 30.3 Å². The second-order valence-corrected chi connectivity index (χ2v) is 2.72. The molecular formula is C10H7FO. The van der Waals surface area contributed by atoms with E-state index in [-0.39, 0.29) is 18.0 Å². The van der Waals surface area contributed by atoms with E-state index in [1.54, 1.807) is 24.3 Å². The molecule has 0 aliphatic heterocycles. The largest absolute Gasteiger partial charge is 0.294 e. The van der Waals surface area contributed by atoms with Gasteiger partial charge in [0.15, 0.2) is 5.78 Å². The summed E-state index contributed by atoms with van der Waals surface area (Å²) in [6.45, 7) is 0. The van der Waals surface area contributed by atoms with Gasteiger partial charge in [0, 0.05) is 17.5 Å². The van der Waals surface area contributed by atoms with Gasteiger partial charge in [0.1, 0.15) is 5.83 Å². The SMILES string of the molecule is O=C1CC=C(F)c2ccccc21. The summed E-state index contributed by atoms with van der Waals surface area (Å²) in [5, 5.41) is 0. The van der Waals surface area contributed by atoms with Crippen LogP contribution in [-0.4, -0.2) is 5.78 Å². The Morgan fingerprint density at radius 3 is 2.50 bits per heavy atom. The molecule has 1 aromatic carbocycles. The first kappa shape index (κ1) is 7.22. The van der Waals surface area contributed by atoms with E-state index in [0.717, 1.165) is 0 Å². The molecule has 1 aromatic rings. The fourth-order valence-corrected chi connectivity index (χ4v) is 1.34. The van der Waals surface area contributed by atoms with Crippen LogP contribution in [0.3, 0.4) is 0 Å². The van der Waals surface area contributed by atoms with Crippen LogP contribution in [0.5, 0.6) is 0 Å². The van der Waals surface area contributed by atoms with Crippen molar-refractivity contribution >= 4 is 11.6 Å². The number of rotatable bonds is 0. The summed E-state index contributed by atoms with van der Waals surface area (Å²) in [5.74, 6) is -0.294. The average Bonchev–Trinajstić information content (AvgIpc) is 2.12. The third kappa shape index (κ3) is 0.961. The number of carbonyl (C=O) groups excluding carboxylic acids is 1. The second kappa shape index (κ2) is 2.55. The summed E-state index contributed by atoms with van der Waals surface area (Å²) in [7, 11) is 0. The number of carbonyl (C=O) groups is 1. The maximum absolute atomic E-state index is 13.1. The van der Waals surface area contributed by atoms with Crippen LogP contribution in [0, 0.1) is 0 Å². The molecule has 0 heterocycles. The van der Waals surface area contributed by atoms with E-state index in [9.17, 15) is 9.18 Å². The molecule has 1 aliphatic carbocycles. The summed E-state index contributed by atoms with van der Waals surface area (Å²) < 4.78 is 13.1. The van der Waals surface area contributed by atoms with Crippen molar-refractivity contribution in [3.8, 4) is 0 Å². The van der Waals surface area contributed by atoms with Crippen LogP contribution in [0.2, 0.25) is 0 Å². The van der Waals surface area contributed by atoms with Gasteiger partial charge in [-0.15, -0.1) is 0 Å². The summed E-state index contributed by atoms with van der Waals surface area (Å²) in [4.78, 5) is 11.2. The molecule has 0 unspecified atom stereocenters. The molecule has 0 atom stereocenters. The average molecular weight is 162 g/mol.